The van der Waals surface area contributed by atoms with Crippen molar-refractivity contribution in [1.82, 2.24) is 9.88 Å². The summed E-state index contributed by atoms with van der Waals surface area (Å²) in [6, 6.07) is 3.26. The largest absolute Gasteiger partial charge is 0.480 e. The fourth-order valence-corrected chi connectivity index (χ4v) is 2.79. The van der Waals surface area contributed by atoms with E-state index in [1.807, 2.05) is 0 Å². The molecule has 0 unspecified atom stereocenters. The van der Waals surface area contributed by atoms with Crippen molar-refractivity contribution in [3.63, 3.8) is 0 Å². The summed E-state index contributed by atoms with van der Waals surface area (Å²) in [5.74, 6) is -1.22. The first-order chi connectivity index (χ1) is 9.08. The van der Waals surface area contributed by atoms with Gasteiger partial charge in [0.1, 0.15) is 11.1 Å². The zero-order valence-corrected chi connectivity index (χ0v) is 12.0. The molecule has 1 fully saturated rings. The molecule has 1 aliphatic rings. The van der Waals surface area contributed by atoms with Gasteiger partial charge in [0.05, 0.1) is 0 Å². The van der Waals surface area contributed by atoms with Crippen LogP contribution in [0.1, 0.15) is 36.0 Å². The van der Waals surface area contributed by atoms with E-state index in [0.717, 1.165) is 25.7 Å². The number of aromatic nitrogens is 1. The molecule has 2 rings (SSSR count). The summed E-state index contributed by atoms with van der Waals surface area (Å²) in [5, 5.41) is 8.98. The van der Waals surface area contributed by atoms with E-state index in [0.29, 0.717) is 10.2 Å². The van der Waals surface area contributed by atoms with Gasteiger partial charge in [-0.3, -0.25) is 9.59 Å². The molecule has 19 heavy (non-hydrogen) atoms. The molecule has 102 valence electrons. The van der Waals surface area contributed by atoms with Crippen LogP contribution >= 0.6 is 15.9 Å². The molecule has 0 radical (unpaired) electrons. The maximum atomic E-state index is 12.4. The summed E-state index contributed by atoms with van der Waals surface area (Å²) >= 11 is 3.22. The Labute approximate surface area is 119 Å². The Morgan fingerprint density at radius 1 is 1.42 bits per heavy atom. The number of pyridine rings is 1. The van der Waals surface area contributed by atoms with E-state index in [1.165, 1.54) is 11.1 Å². The molecule has 6 heteroatoms. The van der Waals surface area contributed by atoms with Gasteiger partial charge >= 0.3 is 5.97 Å². The lowest BCUT2D eigenvalue weighted by Gasteiger charge is -2.27. The Hall–Kier alpha value is -1.43. The quantitative estimate of drug-likeness (QED) is 0.862. The topological polar surface area (TPSA) is 70.5 Å². The lowest BCUT2D eigenvalue weighted by Crippen LogP contribution is -2.42. The molecule has 5 nitrogen and oxygen atoms in total. The molecule has 0 saturated heterocycles. The highest BCUT2D eigenvalue weighted by molar-refractivity contribution is 9.10. The van der Waals surface area contributed by atoms with Crippen LogP contribution in [0.4, 0.5) is 0 Å². The second-order valence-electron chi connectivity index (χ2n) is 4.63. The van der Waals surface area contributed by atoms with Gasteiger partial charge in [0.2, 0.25) is 0 Å². The molecule has 1 saturated carbocycles. The third-order valence-corrected chi connectivity index (χ3v) is 3.74. The molecular formula is C13H15BrN2O3. The zero-order chi connectivity index (χ0) is 13.8. The van der Waals surface area contributed by atoms with Crippen molar-refractivity contribution in [2.75, 3.05) is 6.54 Å². The molecule has 1 aromatic rings. The molecule has 1 amide bonds. The minimum atomic E-state index is -0.978. The van der Waals surface area contributed by atoms with Gasteiger partial charge < -0.3 is 10.0 Å². The van der Waals surface area contributed by atoms with Crippen molar-refractivity contribution in [2.45, 2.75) is 31.7 Å². The van der Waals surface area contributed by atoms with Gasteiger partial charge in [-0.1, -0.05) is 12.8 Å². The zero-order valence-electron chi connectivity index (χ0n) is 10.4. The lowest BCUT2D eigenvalue weighted by molar-refractivity contribution is -0.138. The summed E-state index contributed by atoms with van der Waals surface area (Å²) in [5.41, 5.74) is 0.468. The number of amides is 1. The highest BCUT2D eigenvalue weighted by Gasteiger charge is 2.29. The van der Waals surface area contributed by atoms with Crippen LogP contribution in [0.25, 0.3) is 0 Å². The van der Waals surface area contributed by atoms with Gasteiger partial charge in [-0.2, -0.15) is 0 Å². The highest BCUT2D eigenvalue weighted by atomic mass is 79.9. The van der Waals surface area contributed by atoms with Crippen LogP contribution < -0.4 is 0 Å². The highest BCUT2D eigenvalue weighted by Crippen LogP contribution is 2.25. The molecule has 1 heterocycles. The van der Waals surface area contributed by atoms with Gasteiger partial charge in [-0.15, -0.1) is 0 Å². The van der Waals surface area contributed by atoms with Crippen LogP contribution in [0, 0.1) is 0 Å². The van der Waals surface area contributed by atoms with Gasteiger partial charge in [-0.05, 0) is 40.9 Å². The Kier molecular flexibility index (Phi) is 4.52. The molecule has 0 bridgehead atoms. The van der Waals surface area contributed by atoms with Crippen LogP contribution in [0.2, 0.25) is 0 Å². The summed E-state index contributed by atoms with van der Waals surface area (Å²) < 4.78 is 0.569. The van der Waals surface area contributed by atoms with Crippen molar-refractivity contribution in [1.29, 1.82) is 0 Å². The fourth-order valence-electron chi connectivity index (χ4n) is 2.43. The molecule has 0 aliphatic heterocycles. The first-order valence-corrected chi connectivity index (χ1v) is 7.01. The lowest BCUT2D eigenvalue weighted by atomic mass is 10.1. The van der Waals surface area contributed by atoms with Gasteiger partial charge in [-0.25, -0.2) is 4.98 Å². The van der Waals surface area contributed by atoms with Gasteiger partial charge in [0.15, 0.2) is 0 Å². The monoisotopic (exact) mass is 326 g/mol. The van der Waals surface area contributed by atoms with Crippen molar-refractivity contribution in [3.05, 3.63) is 28.5 Å². The number of nitrogens with zero attached hydrogens (tertiary/aromatic N) is 2. The van der Waals surface area contributed by atoms with Crippen molar-refractivity contribution >= 4 is 27.8 Å². The van der Waals surface area contributed by atoms with Crippen LogP contribution in [-0.2, 0) is 4.79 Å². The van der Waals surface area contributed by atoms with Crippen molar-refractivity contribution in [3.8, 4) is 0 Å². The second kappa shape index (κ2) is 6.14. The predicted molar refractivity (Wildman–Crippen MR) is 72.9 cm³/mol. The number of carboxylic acid groups (broad SMARTS) is 1. The number of hydrogen-bond acceptors (Lipinski definition) is 3. The molecular weight excluding hydrogens is 312 g/mol. The Balaban J connectivity index is 2.21. The van der Waals surface area contributed by atoms with E-state index < -0.39 is 5.97 Å². The third kappa shape index (κ3) is 3.53. The molecule has 0 atom stereocenters. The molecule has 0 aromatic carbocycles. The molecule has 1 aliphatic carbocycles. The number of rotatable bonds is 4. The van der Waals surface area contributed by atoms with Gasteiger partial charge in [0.25, 0.3) is 5.91 Å². The summed E-state index contributed by atoms with van der Waals surface area (Å²) in [6.45, 7) is -0.247. The normalized spacial score (nSPS) is 15.4. The van der Waals surface area contributed by atoms with Gasteiger partial charge in [0, 0.05) is 17.8 Å². The van der Waals surface area contributed by atoms with Crippen LogP contribution in [0.15, 0.2) is 22.9 Å². The number of carbonyl (C=O) groups excluding carboxylic acids is 1. The Morgan fingerprint density at radius 3 is 2.68 bits per heavy atom. The summed E-state index contributed by atoms with van der Waals surface area (Å²) in [7, 11) is 0. The number of carboxylic acids is 1. The minimum Gasteiger partial charge on any atom is -0.480 e. The maximum absolute atomic E-state index is 12.4. The average molecular weight is 327 g/mol. The predicted octanol–water partition coefficient (Wildman–Crippen LogP) is 2.31. The second-order valence-corrected chi connectivity index (χ2v) is 5.44. The number of aliphatic carboxylic acids is 1. The van der Waals surface area contributed by atoms with Crippen LogP contribution in [-0.4, -0.2) is 39.5 Å². The van der Waals surface area contributed by atoms with E-state index in [-0.39, 0.29) is 18.5 Å². The van der Waals surface area contributed by atoms with E-state index in [2.05, 4.69) is 20.9 Å². The van der Waals surface area contributed by atoms with E-state index in [1.54, 1.807) is 12.1 Å². The summed E-state index contributed by atoms with van der Waals surface area (Å²) in [6.07, 6.45) is 5.39. The molecule has 0 spiro atoms. The minimum absolute atomic E-state index is 0.0375. The third-order valence-electron chi connectivity index (χ3n) is 3.31. The first-order valence-electron chi connectivity index (χ1n) is 6.22. The van der Waals surface area contributed by atoms with E-state index in [9.17, 15) is 9.59 Å². The van der Waals surface area contributed by atoms with Crippen LogP contribution in [0.5, 0.6) is 0 Å². The smallest absolute Gasteiger partial charge is 0.323 e. The standard InChI is InChI=1S/C13H15BrN2O3/c14-11-7-9(5-6-15-11)13(19)16(8-12(17)18)10-3-1-2-4-10/h5-7,10H,1-4,8H2,(H,17,18). The maximum Gasteiger partial charge on any atom is 0.323 e. The number of carbonyl (C=O) groups is 2. The number of halogens is 1. The Bertz CT molecular complexity index is 487. The van der Waals surface area contributed by atoms with E-state index in [4.69, 9.17) is 5.11 Å². The Morgan fingerprint density at radius 2 is 2.11 bits per heavy atom. The van der Waals surface area contributed by atoms with Crippen LogP contribution in [0.3, 0.4) is 0 Å². The average Bonchev–Trinajstić information content (AvgIpc) is 2.88. The van der Waals surface area contributed by atoms with E-state index >= 15 is 0 Å². The fraction of sp³-hybridized carbons (Fsp3) is 0.462. The first kappa shape index (κ1) is 14.0. The molecule has 1 N–H and O–H groups in total. The SMILES string of the molecule is O=C(O)CN(C(=O)c1ccnc(Br)c1)C1CCCC1. The summed E-state index contributed by atoms with van der Waals surface area (Å²) in [4.78, 5) is 28.8. The number of hydrogen-bond donors (Lipinski definition) is 1. The molecule has 1 aromatic heterocycles. The van der Waals surface area contributed by atoms with Crippen molar-refractivity contribution < 1.29 is 14.7 Å². The van der Waals surface area contributed by atoms with Crippen molar-refractivity contribution in [2.24, 2.45) is 0 Å².